The second-order valence-corrected chi connectivity index (χ2v) is 15.5. The summed E-state index contributed by atoms with van der Waals surface area (Å²) >= 11 is 0. The second kappa shape index (κ2) is 16.4. The molecule has 4 radical (unpaired) electrons. The van der Waals surface area contributed by atoms with Crippen LogP contribution in [0.25, 0.3) is 0 Å². The summed E-state index contributed by atoms with van der Waals surface area (Å²) in [6.45, 7) is 24.9. The maximum atomic E-state index is 13.1. The highest BCUT2D eigenvalue weighted by Crippen LogP contribution is 2.25. The zero-order chi connectivity index (χ0) is 26.5. The Kier molecular flexibility index (Phi) is 16.2. The summed E-state index contributed by atoms with van der Waals surface area (Å²) < 4.78 is 23.2. The van der Waals surface area contributed by atoms with Crippen LogP contribution in [-0.4, -0.2) is 70.2 Å². The van der Waals surface area contributed by atoms with Gasteiger partial charge in [-0.1, -0.05) is 62.3 Å². The molecule has 0 heterocycles. The van der Waals surface area contributed by atoms with E-state index in [2.05, 4.69) is 48.5 Å². The molecule has 0 spiro atoms. The van der Waals surface area contributed by atoms with Crippen LogP contribution in [0.1, 0.15) is 82.6 Å². The van der Waals surface area contributed by atoms with Crippen LogP contribution >= 0.6 is 0 Å². The quantitative estimate of drug-likeness (QED) is 0.142. The van der Waals surface area contributed by atoms with Crippen molar-refractivity contribution >= 4 is 31.1 Å². The molecule has 5 atom stereocenters. The highest BCUT2D eigenvalue weighted by molar-refractivity contribution is 6.32. The molecule has 0 aliphatic carbocycles. The molecule has 0 saturated carbocycles. The Labute approximate surface area is 214 Å². The average molecular weight is 515 g/mol. The predicted molar refractivity (Wildman–Crippen MR) is 140 cm³/mol. The number of rotatable bonds is 18. The Morgan fingerprint density at radius 3 is 1.76 bits per heavy atom. The minimum absolute atomic E-state index is 0.00692. The van der Waals surface area contributed by atoms with Crippen molar-refractivity contribution in [1.82, 2.24) is 0 Å². The smallest absolute Gasteiger partial charge is 0.235 e. The van der Waals surface area contributed by atoms with Crippen molar-refractivity contribution in [2.45, 2.75) is 98.8 Å². The molecule has 0 rings (SSSR count). The van der Waals surface area contributed by atoms with Crippen LogP contribution in [-0.2, 0) is 27.9 Å². The van der Waals surface area contributed by atoms with Crippen molar-refractivity contribution in [3.8, 4) is 0 Å². The molecule has 0 fully saturated rings. The summed E-state index contributed by atoms with van der Waals surface area (Å²) in [4.78, 5) is 25.9. The Hall–Kier alpha value is -0.386. The fourth-order valence-corrected chi connectivity index (χ4v) is 4.85. The number of carbonyl (C=O) groups is 2. The number of hydrogen-bond acceptors (Lipinski definition) is 6. The normalized spacial score (nSPS) is 17.1. The van der Waals surface area contributed by atoms with E-state index in [-0.39, 0.29) is 45.5 Å². The summed E-state index contributed by atoms with van der Waals surface area (Å²) in [7, 11) is 0.703. The molecular weight excluding hydrogens is 464 g/mol. The van der Waals surface area contributed by atoms with Gasteiger partial charge in [0.05, 0.1) is 31.8 Å². The third kappa shape index (κ3) is 15.6. The van der Waals surface area contributed by atoms with Crippen molar-refractivity contribution in [3.63, 3.8) is 0 Å². The minimum atomic E-state index is -0.630. The van der Waals surface area contributed by atoms with E-state index >= 15 is 0 Å². The number of carbonyl (C=O) groups excluding carboxylic acids is 2. The average Bonchev–Trinajstić information content (AvgIpc) is 2.71. The second-order valence-electron chi connectivity index (χ2n) is 11.5. The van der Waals surface area contributed by atoms with Gasteiger partial charge in [0.1, 0.15) is 11.6 Å². The molecule has 0 N–H and O–H groups in total. The molecule has 0 amide bonds. The molecule has 0 saturated heterocycles. The Morgan fingerprint density at radius 1 is 0.765 bits per heavy atom. The lowest BCUT2D eigenvalue weighted by Gasteiger charge is -2.28. The van der Waals surface area contributed by atoms with Gasteiger partial charge in [0.15, 0.2) is 0 Å². The molecule has 0 aromatic carbocycles. The lowest BCUT2D eigenvalue weighted by molar-refractivity contribution is -0.137. The maximum Gasteiger partial charge on any atom is 0.235 e. The van der Waals surface area contributed by atoms with E-state index in [1.807, 2.05) is 20.8 Å². The molecule has 0 aliphatic heterocycles. The summed E-state index contributed by atoms with van der Waals surface area (Å²) in [6, 6.07) is 0. The Balaban J connectivity index is 4.88. The van der Waals surface area contributed by atoms with Crippen molar-refractivity contribution in [2.24, 2.45) is 23.7 Å². The van der Waals surface area contributed by atoms with Gasteiger partial charge in [-0.15, -0.1) is 0 Å². The molecule has 6 nitrogen and oxygen atoms in total. The number of ketones is 2. The summed E-state index contributed by atoms with van der Waals surface area (Å²) in [5.74, 6) is -1.09. The molecule has 0 bridgehead atoms. The van der Waals surface area contributed by atoms with Gasteiger partial charge in [-0.2, -0.15) is 0 Å². The van der Waals surface area contributed by atoms with Gasteiger partial charge >= 0.3 is 0 Å². The topological polar surface area (TPSA) is 71.1 Å². The molecular formula is C26H50O6Si2. The van der Waals surface area contributed by atoms with Gasteiger partial charge in [-0.05, 0) is 36.3 Å². The van der Waals surface area contributed by atoms with E-state index in [1.54, 1.807) is 6.92 Å². The lowest BCUT2D eigenvalue weighted by Crippen LogP contribution is -2.35. The predicted octanol–water partition coefficient (Wildman–Crippen LogP) is 5.19. The lowest BCUT2D eigenvalue weighted by atomic mass is 9.82. The van der Waals surface area contributed by atoms with Gasteiger partial charge in [0, 0.05) is 25.0 Å². The number of Topliss-reactive ketones (excluding diaryl/α,β-unsaturated/α-hetero) is 2. The first-order valence-electron chi connectivity index (χ1n) is 12.6. The van der Waals surface area contributed by atoms with Crippen LogP contribution in [0.4, 0.5) is 0 Å². The molecule has 0 aliphatic rings. The van der Waals surface area contributed by atoms with Crippen LogP contribution in [0.5, 0.6) is 0 Å². The number of ether oxygens (including phenoxy) is 2. The number of hydrogen-bond donors (Lipinski definition) is 0. The van der Waals surface area contributed by atoms with Gasteiger partial charge in [-0.25, -0.2) is 0 Å². The molecule has 8 heteroatoms. The van der Waals surface area contributed by atoms with Gasteiger partial charge in [0.2, 0.25) is 19.5 Å². The molecule has 34 heavy (non-hydrogen) atoms. The first-order valence-corrected chi connectivity index (χ1v) is 14.4. The molecule has 0 aromatic rings. The van der Waals surface area contributed by atoms with Crippen molar-refractivity contribution in [1.29, 1.82) is 0 Å². The third-order valence-electron chi connectivity index (χ3n) is 5.29. The van der Waals surface area contributed by atoms with Crippen molar-refractivity contribution in [3.05, 3.63) is 0 Å². The van der Waals surface area contributed by atoms with Crippen LogP contribution < -0.4 is 0 Å². The van der Waals surface area contributed by atoms with Crippen LogP contribution in [0.2, 0.25) is 10.1 Å². The van der Waals surface area contributed by atoms with Crippen LogP contribution in [0.3, 0.4) is 0 Å². The monoisotopic (exact) mass is 514 g/mol. The highest BCUT2D eigenvalue weighted by atomic mass is 28.2. The zero-order valence-corrected chi connectivity index (χ0v) is 25.6. The van der Waals surface area contributed by atoms with Gasteiger partial charge < -0.3 is 18.3 Å². The first-order chi connectivity index (χ1) is 15.6. The van der Waals surface area contributed by atoms with E-state index < -0.39 is 5.92 Å². The first kappa shape index (κ1) is 33.6. The van der Waals surface area contributed by atoms with E-state index in [0.717, 1.165) is 0 Å². The van der Waals surface area contributed by atoms with Gasteiger partial charge in [-0.3, -0.25) is 9.59 Å². The van der Waals surface area contributed by atoms with Crippen molar-refractivity contribution < 1.29 is 27.9 Å². The summed E-state index contributed by atoms with van der Waals surface area (Å²) in [6.07, 6.45) is 0.524. The van der Waals surface area contributed by atoms with Crippen LogP contribution in [0.15, 0.2) is 0 Å². The molecule has 0 aromatic heterocycles. The standard InChI is InChI=1S/C26H50O6Si2/c1-12-29-13-14-30-22(17-32-34-26(9,10)11)18(2)15-19(3)23(27)21(5)24(28)20(4)16-31-33-25(6,7)8/h18-22H,12-17H2,1-11H3/t18-,19?,20?,21?,22+/m1/s1. The fourth-order valence-electron chi connectivity index (χ4n) is 3.40. The SMILES string of the molecule is CCOCCO[C@@H](CO[Si]C(C)(C)C)[C@H](C)CC(C)C(=O)C(C)C(=O)C(C)CO[Si]C(C)(C)C. The molecule has 3 unspecified atom stereocenters. The van der Waals surface area contributed by atoms with E-state index in [1.165, 1.54) is 0 Å². The highest BCUT2D eigenvalue weighted by Gasteiger charge is 2.32. The minimum Gasteiger partial charge on any atom is -0.416 e. The molecule has 198 valence electrons. The third-order valence-corrected chi connectivity index (χ3v) is 7.13. The Bertz CT molecular complexity index is 585. The zero-order valence-electron chi connectivity index (χ0n) is 23.6. The Morgan fingerprint density at radius 2 is 1.26 bits per heavy atom. The van der Waals surface area contributed by atoms with E-state index in [9.17, 15) is 9.59 Å². The summed E-state index contributed by atoms with van der Waals surface area (Å²) in [5.41, 5.74) is 0. The van der Waals surface area contributed by atoms with E-state index in [0.29, 0.717) is 59.0 Å². The fraction of sp³-hybridized carbons (Fsp3) is 0.923. The van der Waals surface area contributed by atoms with E-state index in [4.69, 9.17) is 18.3 Å². The van der Waals surface area contributed by atoms with Crippen LogP contribution in [0, 0.1) is 23.7 Å². The van der Waals surface area contributed by atoms with Crippen molar-refractivity contribution in [2.75, 3.05) is 33.0 Å². The maximum absolute atomic E-state index is 13.1. The van der Waals surface area contributed by atoms with Gasteiger partial charge in [0.25, 0.3) is 0 Å². The largest absolute Gasteiger partial charge is 0.416 e. The summed E-state index contributed by atoms with van der Waals surface area (Å²) in [5, 5.41) is 0.180.